The van der Waals surface area contributed by atoms with Crippen molar-refractivity contribution in [2.24, 2.45) is 7.05 Å². The van der Waals surface area contributed by atoms with Gasteiger partial charge in [-0.25, -0.2) is 4.98 Å². The molecule has 5 nitrogen and oxygen atoms in total. The van der Waals surface area contributed by atoms with Gasteiger partial charge in [-0.1, -0.05) is 13.8 Å². The van der Waals surface area contributed by atoms with Crippen LogP contribution in [0.25, 0.3) is 11.5 Å². The third-order valence-corrected chi connectivity index (χ3v) is 2.71. The zero-order chi connectivity index (χ0) is 12.3. The summed E-state index contributed by atoms with van der Waals surface area (Å²) in [5.41, 5.74) is 2.97. The number of aromatic nitrogens is 3. The van der Waals surface area contributed by atoms with Gasteiger partial charge in [-0.15, -0.1) is 0 Å². The third-order valence-electron chi connectivity index (χ3n) is 2.71. The highest BCUT2D eigenvalue weighted by Gasteiger charge is 2.15. The largest absolute Gasteiger partial charge is 0.442 e. The summed E-state index contributed by atoms with van der Waals surface area (Å²) in [4.78, 5) is 4.24. The first-order valence-electron chi connectivity index (χ1n) is 5.92. The molecular formula is C12H18N4O. The predicted molar refractivity (Wildman–Crippen MR) is 65.5 cm³/mol. The molecule has 2 aromatic rings. The van der Waals surface area contributed by atoms with Gasteiger partial charge < -0.3 is 9.73 Å². The van der Waals surface area contributed by atoms with E-state index in [1.54, 1.807) is 0 Å². The van der Waals surface area contributed by atoms with E-state index in [0.29, 0.717) is 0 Å². The Morgan fingerprint density at radius 3 is 2.88 bits per heavy atom. The summed E-state index contributed by atoms with van der Waals surface area (Å²) >= 11 is 0. The van der Waals surface area contributed by atoms with Crippen LogP contribution in [0.1, 0.15) is 25.2 Å². The highest BCUT2D eigenvalue weighted by molar-refractivity contribution is 5.55. The Hall–Kier alpha value is -1.62. The molecule has 0 saturated heterocycles. The van der Waals surface area contributed by atoms with Gasteiger partial charge in [0.15, 0.2) is 12.2 Å². The summed E-state index contributed by atoms with van der Waals surface area (Å²) in [5.74, 6) is 0.806. The van der Waals surface area contributed by atoms with Crippen molar-refractivity contribution < 1.29 is 4.42 Å². The minimum Gasteiger partial charge on any atom is -0.442 e. The molecule has 92 valence electrons. The smallest absolute Gasteiger partial charge is 0.181 e. The van der Waals surface area contributed by atoms with Crippen LogP contribution in [0.4, 0.5) is 0 Å². The van der Waals surface area contributed by atoms with Crippen molar-refractivity contribution in [1.29, 1.82) is 0 Å². The van der Waals surface area contributed by atoms with E-state index in [-0.39, 0.29) is 0 Å². The molecular weight excluding hydrogens is 216 g/mol. The van der Waals surface area contributed by atoms with Crippen LogP contribution in [0.3, 0.4) is 0 Å². The Kier molecular flexibility index (Phi) is 3.58. The minimum atomic E-state index is 0.717. The molecule has 2 aromatic heterocycles. The molecule has 0 saturated carbocycles. The lowest BCUT2D eigenvalue weighted by Gasteiger charge is -2.01. The number of aryl methyl sites for hydroxylation is 2. The first-order chi connectivity index (χ1) is 8.26. The van der Waals surface area contributed by atoms with E-state index in [1.807, 2.05) is 11.7 Å². The van der Waals surface area contributed by atoms with Crippen LogP contribution in [-0.2, 0) is 20.0 Å². The average molecular weight is 234 g/mol. The molecule has 0 aliphatic carbocycles. The first kappa shape index (κ1) is 11.9. The normalized spacial score (nSPS) is 11.0. The summed E-state index contributed by atoms with van der Waals surface area (Å²) < 4.78 is 7.32. The van der Waals surface area contributed by atoms with Crippen LogP contribution in [0.15, 0.2) is 16.9 Å². The van der Waals surface area contributed by atoms with Crippen molar-refractivity contribution in [3.8, 4) is 11.5 Å². The Balaban J connectivity index is 2.32. The van der Waals surface area contributed by atoms with E-state index in [4.69, 9.17) is 4.42 Å². The van der Waals surface area contributed by atoms with Gasteiger partial charge in [0, 0.05) is 13.6 Å². The highest BCUT2D eigenvalue weighted by atomic mass is 16.3. The van der Waals surface area contributed by atoms with E-state index in [9.17, 15) is 0 Å². The van der Waals surface area contributed by atoms with Crippen molar-refractivity contribution in [2.75, 3.05) is 6.54 Å². The van der Waals surface area contributed by atoms with E-state index in [2.05, 4.69) is 35.3 Å². The van der Waals surface area contributed by atoms with Crippen molar-refractivity contribution in [1.82, 2.24) is 20.1 Å². The summed E-state index contributed by atoms with van der Waals surface area (Å²) in [5, 5.41) is 7.66. The SMILES string of the molecule is CCNCc1ncoc1-c1cc(CC)nn1C. The Morgan fingerprint density at radius 2 is 2.24 bits per heavy atom. The molecule has 0 aliphatic rings. The standard InChI is InChI=1S/C12H18N4O/c1-4-9-6-11(16(3)15-9)12-10(7-13-5-2)14-8-17-12/h6,8,13H,4-5,7H2,1-3H3. The van der Waals surface area contributed by atoms with E-state index in [0.717, 1.165) is 42.4 Å². The van der Waals surface area contributed by atoms with Crippen molar-refractivity contribution in [3.63, 3.8) is 0 Å². The van der Waals surface area contributed by atoms with Crippen LogP contribution in [-0.4, -0.2) is 21.3 Å². The molecule has 0 radical (unpaired) electrons. The van der Waals surface area contributed by atoms with E-state index in [1.165, 1.54) is 6.39 Å². The fraction of sp³-hybridized carbons (Fsp3) is 0.500. The second-order valence-electron chi connectivity index (χ2n) is 3.91. The van der Waals surface area contributed by atoms with Crippen LogP contribution in [0.2, 0.25) is 0 Å². The Morgan fingerprint density at radius 1 is 1.41 bits per heavy atom. The van der Waals surface area contributed by atoms with E-state index >= 15 is 0 Å². The molecule has 0 unspecified atom stereocenters. The zero-order valence-electron chi connectivity index (χ0n) is 10.5. The number of oxazole rings is 1. The monoisotopic (exact) mass is 234 g/mol. The highest BCUT2D eigenvalue weighted by Crippen LogP contribution is 2.23. The molecule has 0 amide bonds. The van der Waals surface area contributed by atoms with Crippen molar-refractivity contribution in [3.05, 3.63) is 23.8 Å². The summed E-state index contributed by atoms with van der Waals surface area (Å²) in [6.07, 6.45) is 2.41. The summed E-state index contributed by atoms with van der Waals surface area (Å²) in [6.45, 7) is 5.79. The quantitative estimate of drug-likeness (QED) is 0.856. The van der Waals surface area contributed by atoms with Crippen molar-refractivity contribution >= 4 is 0 Å². The van der Waals surface area contributed by atoms with Crippen LogP contribution in [0.5, 0.6) is 0 Å². The second kappa shape index (κ2) is 5.14. The Labute approximate surface area is 101 Å². The molecule has 0 aromatic carbocycles. The number of hydrogen-bond acceptors (Lipinski definition) is 4. The maximum atomic E-state index is 5.47. The van der Waals surface area contributed by atoms with Gasteiger partial charge in [0.2, 0.25) is 0 Å². The summed E-state index contributed by atoms with van der Waals surface area (Å²) in [7, 11) is 1.92. The van der Waals surface area contributed by atoms with Gasteiger partial charge in [0.25, 0.3) is 0 Å². The molecule has 0 fully saturated rings. The number of hydrogen-bond donors (Lipinski definition) is 1. The second-order valence-corrected chi connectivity index (χ2v) is 3.91. The maximum Gasteiger partial charge on any atom is 0.181 e. The molecule has 5 heteroatoms. The number of nitrogens with one attached hydrogen (secondary N) is 1. The molecule has 2 heterocycles. The average Bonchev–Trinajstić information content (AvgIpc) is 2.92. The molecule has 17 heavy (non-hydrogen) atoms. The number of rotatable bonds is 5. The fourth-order valence-electron chi connectivity index (χ4n) is 1.76. The maximum absolute atomic E-state index is 5.47. The first-order valence-corrected chi connectivity index (χ1v) is 5.92. The molecule has 1 N–H and O–H groups in total. The lowest BCUT2D eigenvalue weighted by molar-refractivity contribution is 0.561. The van der Waals surface area contributed by atoms with Crippen LogP contribution >= 0.6 is 0 Å². The van der Waals surface area contributed by atoms with Crippen molar-refractivity contribution in [2.45, 2.75) is 26.8 Å². The third kappa shape index (κ3) is 2.39. The molecule has 0 bridgehead atoms. The van der Waals surface area contributed by atoms with Gasteiger partial charge in [-0.2, -0.15) is 5.10 Å². The van der Waals surface area contributed by atoms with Gasteiger partial charge >= 0.3 is 0 Å². The van der Waals surface area contributed by atoms with Crippen LogP contribution < -0.4 is 5.32 Å². The lowest BCUT2D eigenvalue weighted by atomic mass is 10.2. The molecule has 0 aliphatic heterocycles. The number of nitrogens with zero attached hydrogens (tertiary/aromatic N) is 3. The van der Waals surface area contributed by atoms with Gasteiger partial charge in [-0.05, 0) is 19.0 Å². The molecule has 0 atom stereocenters. The zero-order valence-corrected chi connectivity index (χ0v) is 10.5. The van der Waals surface area contributed by atoms with Gasteiger partial charge in [0.1, 0.15) is 11.4 Å². The van der Waals surface area contributed by atoms with Gasteiger partial charge in [-0.3, -0.25) is 4.68 Å². The molecule has 0 spiro atoms. The van der Waals surface area contributed by atoms with Crippen LogP contribution in [0, 0.1) is 0 Å². The summed E-state index contributed by atoms with van der Waals surface area (Å²) in [6, 6.07) is 2.05. The minimum absolute atomic E-state index is 0.717. The van der Waals surface area contributed by atoms with E-state index < -0.39 is 0 Å². The predicted octanol–water partition coefficient (Wildman–Crippen LogP) is 1.75. The lowest BCUT2D eigenvalue weighted by Crippen LogP contribution is -2.12. The topological polar surface area (TPSA) is 55.9 Å². The van der Waals surface area contributed by atoms with Gasteiger partial charge in [0.05, 0.1) is 5.69 Å². The molecule has 2 rings (SSSR count). The Bertz CT molecular complexity index is 486. The fourth-order valence-corrected chi connectivity index (χ4v) is 1.76.